The van der Waals surface area contributed by atoms with Gasteiger partial charge in [0.2, 0.25) is 0 Å². The van der Waals surface area contributed by atoms with Gasteiger partial charge in [0.15, 0.2) is 0 Å². The summed E-state index contributed by atoms with van der Waals surface area (Å²) in [7, 11) is 0. The van der Waals surface area contributed by atoms with Gasteiger partial charge < -0.3 is 5.32 Å². The van der Waals surface area contributed by atoms with E-state index in [4.69, 9.17) is 11.6 Å². The molecule has 0 spiro atoms. The Hall–Kier alpha value is -3.53. The lowest BCUT2D eigenvalue weighted by atomic mass is 9.76. The smallest absolute Gasteiger partial charge is 0.306 e. The molecule has 0 saturated heterocycles. The average molecular weight is 540 g/mol. The van der Waals surface area contributed by atoms with Gasteiger partial charge in [0.1, 0.15) is 0 Å². The standard InChI is InChI=1S/C26H20ClF6N3O/c1-15-12-18(25(28,29)30)9-11-21(15)34-23(37)36-14-24(2,17-6-4-3-5-7-17)22(35-36)16-8-10-19(20(27)13-16)26(31,32)33/h3-13H,14H2,1-2H3,(H,34,37). The lowest BCUT2D eigenvalue weighted by Gasteiger charge is -2.27. The Balaban J connectivity index is 1.70. The summed E-state index contributed by atoms with van der Waals surface area (Å²) in [4.78, 5) is 13.1. The number of aryl methyl sites for hydroxylation is 1. The molecule has 1 heterocycles. The Kier molecular flexibility index (Phi) is 6.74. The van der Waals surface area contributed by atoms with E-state index in [0.29, 0.717) is 11.3 Å². The Morgan fingerprint density at radius 2 is 1.65 bits per heavy atom. The minimum absolute atomic E-state index is 0.0243. The van der Waals surface area contributed by atoms with Gasteiger partial charge >= 0.3 is 18.4 Å². The van der Waals surface area contributed by atoms with E-state index in [0.717, 1.165) is 40.9 Å². The number of carbonyl (C=O) groups excluding carboxylic acids is 1. The molecule has 3 aromatic rings. The molecule has 1 atom stereocenters. The summed E-state index contributed by atoms with van der Waals surface area (Å²) < 4.78 is 78.7. The predicted molar refractivity (Wildman–Crippen MR) is 129 cm³/mol. The highest BCUT2D eigenvalue weighted by Gasteiger charge is 2.43. The molecule has 11 heteroatoms. The molecule has 3 aromatic carbocycles. The van der Waals surface area contributed by atoms with E-state index in [1.54, 1.807) is 25.1 Å². The maximum atomic E-state index is 13.2. The summed E-state index contributed by atoms with van der Waals surface area (Å²) in [6.07, 6.45) is -9.16. The molecule has 0 fully saturated rings. The molecule has 0 aliphatic carbocycles. The third-order valence-electron chi connectivity index (χ3n) is 6.20. The molecule has 1 N–H and O–H groups in total. The lowest BCUT2D eigenvalue weighted by molar-refractivity contribution is -0.138. The molecule has 194 valence electrons. The van der Waals surface area contributed by atoms with Crippen LogP contribution in [0.25, 0.3) is 0 Å². The fourth-order valence-electron chi connectivity index (χ4n) is 4.22. The van der Waals surface area contributed by atoms with E-state index in [-0.39, 0.29) is 17.8 Å². The molecule has 0 aromatic heterocycles. The Bertz CT molecular complexity index is 1370. The van der Waals surface area contributed by atoms with Crippen LogP contribution in [0.15, 0.2) is 71.8 Å². The molecule has 1 aliphatic rings. The first-order chi connectivity index (χ1) is 17.2. The van der Waals surface area contributed by atoms with Crippen molar-refractivity contribution in [3.05, 3.63) is 99.6 Å². The van der Waals surface area contributed by atoms with Crippen LogP contribution < -0.4 is 5.32 Å². The summed E-state index contributed by atoms with van der Waals surface area (Å²) in [5, 5.41) is 7.59. The minimum atomic E-state index is -4.64. The first-order valence-corrected chi connectivity index (χ1v) is 11.4. The summed E-state index contributed by atoms with van der Waals surface area (Å²) in [5.41, 5.74) is -1.03. The van der Waals surface area contributed by atoms with E-state index in [9.17, 15) is 31.1 Å². The first kappa shape index (κ1) is 26.5. The van der Waals surface area contributed by atoms with Crippen LogP contribution in [-0.4, -0.2) is 23.3 Å². The molecule has 1 unspecified atom stereocenters. The Morgan fingerprint density at radius 1 is 0.973 bits per heavy atom. The normalized spacial score (nSPS) is 18.1. The second kappa shape index (κ2) is 9.41. The summed E-state index contributed by atoms with van der Waals surface area (Å²) in [6.45, 7) is 3.25. The number of nitrogens with one attached hydrogen (secondary N) is 1. The number of amides is 2. The van der Waals surface area contributed by atoms with Gasteiger partial charge in [0, 0.05) is 11.3 Å². The number of carbonyl (C=O) groups is 1. The van der Waals surface area contributed by atoms with Gasteiger partial charge in [-0.15, -0.1) is 0 Å². The lowest BCUT2D eigenvalue weighted by Crippen LogP contribution is -2.38. The molecule has 2 amide bonds. The molecule has 0 saturated carbocycles. The van der Waals surface area contributed by atoms with Crippen molar-refractivity contribution in [3.8, 4) is 0 Å². The average Bonchev–Trinajstić information content (AvgIpc) is 3.18. The second-order valence-electron chi connectivity index (χ2n) is 8.85. The maximum Gasteiger partial charge on any atom is 0.417 e. The fraction of sp³-hybridized carbons (Fsp3) is 0.231. The van der Waals surface area contributed by atoms with Gasteiger partial charge in [-0.05, 0) is 55.3 Å². The van der Waals surface area contributed by atoms with Gasteiger partial charge in [-0.25, -0.2) is 9.80 Å². The maximum absolute atomic E-state index is 13.2. The SMILES string of the molecule is Cc1cc(C(F)(F)F)ccc1NC(=O)N1CC(C)(c2ccccc2)C(c2ccc(C(F)(F)F)c(Cl)c2)=N1. The number of rotatable bonds is 3. The third kappa shape index (κ3) is 5.29. The van der Waals surface area contributed by atoms with Crippen LogP contribution in [-0.2, 0) is 17.8 Å². The van der Waals surface area contributed by atoms with Crippen molar-refractivity contribution < 1.29 is 31.1 Å². The van der Waals surface area contributed by atoms with E-state index in [1.165, 1.54) is 13.0 Å². The number of hydrazone groups is 1. The summed E-state index contributed by atoms with van der Waals surface area (Å²) in [5.74, 6) is 0. The van der Waals surface area contributed by atoms with Gasteiger partial charge in [0.05, 0.1) is 33.8 Å². The molecule has 0 radical (unpaired) electrons. The summed E-state index contributed by atoms with van der Waals surface area (Å²) in [6, 6.07) is 14.5. The van der Waals surface area contributed by atoms with Crippen LogP contribution in [0.2, 0.25) is 5.02 Å². The number of hydrogen-bond donors (Lipinski definition) is 1. The summed E-state index contributed by atoms with van der Waals surface area (Å²) >= 11 is 5.95. The van der Waals surface area contributed by atoms with Crippen molar-refractivity contribution in [2.45, 2.75) is 31.6 Å². The number of urea groups is 1. The molecule has 1 aliphatic heterocycles. The van der Waals surface area contributed by atoms with Crippen molar-refractivity contribution >= 4 is 29.0 Å². The fourth-order valence-corrected chi connectivity index (χ4v) is 4.51. The van der Waals surface area contributed by atoms with E-state index in [2.05, 4.69) is 10.4 Å². The topological polar surface area (TPSA) is 44.7 Å². The Labute approximate surface area is 213 Å². The van der Waals surface area contributed by atoms with E-state index in [1.807, 2.05) is 12.1 Å². The molecular formula is C26H20ClF6N3O. The van der Waals surface area contributed by atoms with Crippen molar-refractivity contribution in [1.29, 1.82) is 0 Å². The number of alkyl halides is 6. The van der Waals surface area contributed by atoms with Crippen LogP contribution in [0.1, 0.15) is 34.7 Å². The molecule has 4 rings (SSSR count). The number of benzene rings is 3. The quantitative estimate of drug-likeness (QED) is 0.338. The Morgan fingerprint density at radius 3 is 2.22 bits per heavy atom. The first-order valence-electron chi connectivity index (χ1n) is 11.0. The molecule has 0 bridgehead atoms. The van der Waals surface area contributed by atoms with Gasteiger partial charge in [0.25, 0.3) is 0 Å². The van der Waals surface area contributed by atoms with Gasteiger partial charge in [-0.3, -0.25) is 0 Å². The van der Waals surface area contributed by atoms with Crippen LogP contribution in [0, 0.1) is 6.92 Å². The largest absolute Gasteiger partial charge is 0.417 e. The van der Waals surface area contributed by atoms with Crippen LogP contribution in [0.5, 0.6) is 0 Å². The highest BCUT2D eigenvalue weighted by Crippen LogP contribution is 2.39. The third-order valence-corrected chi connectivity index (χ3v) is 6.51. The number of hydrogen-bond acceptors (Lipinski definition) is 2. The van der Waals surface area contributed by atoms with Gasteiger partial charge in [-0.1, -0.05) is 48.0 Å². The van der Waals surface area contributed by atoms with Crippen molar-refractivity contribution in [1.82, 2.24) is 5.01 Å². The number of nitrogens with zero attached hydrogens (tertiary/aromatic N) is 2. The monoisotopic (exact) mass is 539 g/mol. The van der Waals surface area contributed by atoms with Crippen LogP contribution in [0.3, 0.4) is 0 Å². The van der Waals surface area contributed by atoms with E-state index < -0.39 is 39.9 Å². The molecule has 37 heavy (non-hydrogen) atoms. The zero-order valence-electron chi connectivity index (χ0n) is 19.5. The van der Waals surface area contributed by atoms with E-state index >= 15 is 0 Å². The second-order valence-corrected chi connectivity index (χ2v) is 9.26. The molecule has 4 nitrogen and oxygen atoms in total. The van der Waals surface area contributed by atoms with Gasteiger partial charge in [-0.2, -0.15) is 31.4 Å². The van der Waals surface area contributed by atoms with Crippen LogP contribution in [0.4, 0.5) is 36.8 Å². The predicted octanol–water partition coefficient (Wildman–Crippen LogP) is 7.90. The zero-order valence-corrected chi connectivity index (χ0v) is 20.3. The minimum Gasteiger partial charge on any atom is -0.306 e. The highest BCUT2D eigenvalue weighted by molar-refractivity contribution is 6.32. The van der Waals surface area contributed by atoms with Crippen molar-refractivity contribution in [2.75, 3.05) is 11.9 Å². The van der Waals surface area contributed by atoms with Crippen molar-refractivity contribution in [2.24, 2.45) is 5.10 Å². The highest BCUT2D eigenvalue weighted by atomic mass is 35.5. The zero-order chi connectivity index (χ0) is 27.2. The van der Waals surface area contributed by atoms with Crippen LogP contribution >= 0.6 is 11.6 Å². The molecular weight excluding hydrogens is 520 g/mol. The number of halogens is 7. The number of anilines is 1. The van der Waals surface area contributed by atoms with Crippen molar-refractivity contribution in [3.63, 3.8) is 0 Å².